The second-order valence-electron chi connectivity index (χ2n) is 7.54. The maximum atomic E-state index is 14.7. The van der Waals surface area contributed by atoms with Gasteiger partial charge in [-0.15, -0.1) is 0 Å². The van der Waals surface area contributed by atoms with Crippen LogP contribution in [0.3, 0.4) is 0 Å². The molecule has 0 saturated carbocycles. The average molecular weight is 434 g/mol. The molecule has 1 fully saturated rings. The molecule has 0 spiro atoms. The number of aromatic nitrogens is 4. The van der Waals surface area contributed by atoms with Gasteiger partial charge in [0.25, 0.3) is 0 Å². The van der Waals surface area contributed by atoms with Crippen molar-refractivity contribution in [2.75, 3.05) is 31.1 Å². The van der Waals surface area contributed by atoms with E-state index in [-0.39, 0.29) is 11.3 Å². The van der Waals surface area contributed by atoms with Crippen molar-refractivity contribution in [2.45, 2.75) is 19.6 Å². The normalized spacial score (nSPS) is 15.5. The number of rotatable bonds is 4. The Morgan fingerprint density at radius 2 is 1.74 bits per heavy atom. The van der Waals surface area contributed by atoms with Crippen LogP contribution in [0.5, 0.6) is 0 Å². The zero-order valence-electron chi connectivity index (χ0n) is 17.2. The highest BCUT2D eigenvalue weighted by Gasteiger charge is 2.35. The first-order valence-corrected chi connectivity index (χ1v) is 9.87. The van der Waals surface area contributed by atoms with Gasteiger partial charge in [0.05, 0.1) is 11.8 Å². The molecular formula is C21H22F4N6. The van der Waals surface area contributed by atoms with Gasteiger partial charge in [-0.2, -0.15) is 18.3 Å². The Morgan fingerprint density at radius 3 is 2.39 bits per heavy atom. The van der Waals surface area contributed by atoms with E-state index in [4.69, 9.17) is 0 Å². The van der Waals surface area contributed by atoms with Crippen LogP contribution < -0.4 is 4.90 Å². The fourth-order valence-electron chi connectivity index (χ4n) is 3.74. The quantitative estimate of drug-likeness (QED) is 0.587. The second-order valence-corrected chi connectivity index (χ2v) is 7.54. The lowest BCUT2D eigenvalue weighted by molar-refractivity contribution is -0.139. The summed E-state index contributed by atoms with van der Waals surface area (Å²) in [6.45, 7) is 5.46. The summed E-state index contributed by atoms with van der Waals surface area (Å²) < 4.78 is 56.0. The van der Waals surface area contributed by atoms with Crippen molar-refractivity contribution in [1.29, 1.82) is 0 Å². The minimum Gasteiger partial charge on any atom is -0.352 e. The molecule has 3 aromatic rings. The van der Waals surface area contributed by atoms with Crippen LogP contribution in [0, 0.1) is 12.7 Å². The fourth-order valence-corrected chi connectivity index (χ4v) is 3.74. The Hall–Kier alpha value is -3.01. The van der Waals surface area contributed by atoms with Gasteiger partial charge in [-0.25, -0.2) is 9.37 Å². The van der Waals surface area contributed by atoms with Gasteiger partial charge >= 0.3 is 6.18 Å². The van der Waals surface area contributed by atoms with Gasteiger partial charge in [0.2, 0.25) is 0 Å². The van der Waals surface area contributed by atoms with Crippen molar-refractivity contribution in [3.63, 3.8) is 0 Å². The number of hydrogen-bond donors (Lipinski definition) is 0. The first-order chi connectivity index (χ1) is 14.8. The number of halogens is 4. The van der Waals surface area contributed by atoms with Crippen LogP contribution in [-0.2, 0) is 19.8 Å². The van der Waals surface area contributed by atoms with E-state index in [1.54, 1.807) is 0 Å². The number of benzene rings is 1. The van der Waals surface area contributed by atoms with Crippen LogP contribution in [0.25, 0.3) is 11.3 Å². The molecule has 0 N–H and O–H groups in total. The van der Waals surface area contributed by atoms with Gasteiger partial charge in [-0.1, -0.05) is 6.07 Å². The minimum atomic E-state index is -4.78. The van der Waals surface area contributed by atoms with Gasteiger partial charge in [-0.3, -0.25) is 14.6 Å². The molecule has 6 nitrogen and oxygen atoms in total. The van der Waals surface area contributed by atoms with E-state index < -0.39 is 17.6 Å². The third kappa shape index (κ3) is 4.25. The molecule has 164 valence electrons. The van der Waals surface area contributed by atoms with Crippen LogP contribution in [-0.4, -0.2) is 50.8 Å². The van der Waals surface area contributed by atoms with E-state index in [0.29, 0.717) is 18.9 Å². The van der Waals surface area contributed by atoms with Crippen LogP contribution in [0.2, 0.25) is 0 Å². The summed E-state index contributed by atoms with van der Waals surface area (Å²) in [6.07, 6.45) is -0.0902. The Morgan fingerprint density at radius 1 is 1.03 bits per heavy atom. The van der Waals surface area contributed by atoms with E-state index in [1.807, 2.05) is 29.7 Å². The third-order valence-electron chi connectivity index (χ3n) is 5.64. The molecule has 0 unspecified atom stereocenters. The molecule has 0 atom stereocenters. The Kier molecular flexibility index (Phi) is 5.65. The highest BCUT2D eigenvalue weighted by Crippen LogP contribution is 2.37. The standard InChI is InChI=1S/C21H22F4N6/c1-14-15(12-28-29(14)2)13-30-8-10-31(11-9-30)20-19(26-6-7-27-20)16-4-3-5-17(18(16)22)21(23,24)25/h3-7,12H,8-11,13H2,1-2H3. The summed E-state index contributed by atoms with van der Waals surface area (Å²) >= 11 is 0. The van der Waals surface area contributed by atoms with E-state index in [2.05, 4.69) is 20.0 Å². The summed E-state index contributed by atoms with van der Waals surface area (Å²) in [5.41, 5.74) is 0.869. The average Bonchev–Trinajstić information content (AvgIpc) is 3.06. The first kappa shape index (κ1) is 21.2. The molecule has 1 aromatic carbocycles. The molecule has 4 rings (SSSR count). The Labute approximate surface area is 177 Å². The molecule has 1 aliphatic heterocycles. The molecule has 2 aromatic heterocycles. The lowest BCUT2D eigenvalue weighted by Gasteiger charge is -2.36. The van der Waals surface area contributed by atoms with E-state index in [9.17, 15) is 17.6 Å². The molecular weight excluding hydrogens is 412 g/mol. The lowest BCUT2D eigenvalue weighted by Crippen LogP contribution is -2.46. The maximum absolute atomic E-state index is 14.7. The summed E-state index contributed by atoms with van der Waals surface area (Å²) in [4.78, 5) is 12.7. The molecule has 0 aliphatic carbocycles. The van der Waals surface area contributed by atoms with Crippen molar-refractivity contribution >= 4 is 5.82 Å². The summed E-state index contributed by atoms with van der Waals surface area (Å²) in [5.74, 6) is -0.944. The number of hydrogen-bond acceptors (Lipinski definition) is 5. The van der Waals surface area contributed by atoms with Crippen LogP contribution in [0.15, 0.2) is 36.8 Å². The third-order valence-corrected chi connectivity index (χ3v) is 5.64. The highest BCUT2D eigenvalue weighted by atomic mass is 19.4. The zero-order valence-corrected chi connectivity index (χ0v) is 17.2. The fraction of sp³-hybridized carbons (Fsp3) is 0.381. The second kappa shape index (κ2) is 8.26. The smallest absolute Gasteiger partial charge is 0.352 e. The van der Waals surface area contributed by atoms with Crippen molar-refractivity contribution in [3.8, 4) is 11.3 Å². The van der Waals surface area contributed by atoms with Gasteiger partial charge in [-0.05, 0) is 19.1 Å². The van der Waals surface area contributed by atoms with Crippen LogP contribution >= 0.6 is 0 Å². The van der Waals surface area contributed by atoms with Gasteiger partial charge in [0, 0.05) is 69.0 Å². The predicted octanol–water partition coefficient (Wildman–Crippen LogP) is 3.67. The van der Waals surface area contributed by atoms with Crippen LogP contribution in [0.1, 0.15) is 16.8 Å². The number of anilines is 1. The van der Waals surface area contributed by atoms with Crippen molar-refractivity contribution in [3.05, 3.63) is 59.4 Å². The number of aryl methyl sites for hydroxylation is 1. The molecule has 0 amide bonds. The van der Waals surface area contributed by atoms with Crippen molar-refractivity contribution in [2.24, 2.45) is 7.05 Å². The molecule has 1 saturated heterocycles. The maximum Gasteiger partial charge on any atom is 0.419 e. The van der Waals surface area contributed by atoms with Gasteiger partial charge in [0.15, 0.2) is 5.82 Å². The molecule has 0 bridgehead atoms. The van der Waals surface area contributed by atoms with Crippen molar-refractivity contribution in [1.82, 2.24) is 24.6 Å². The highest BCUT2D eigenvalue weighted by molar-refractivity contribution is 5.73. The first-order valence-electron chi connectivity index (χ1n) is 9.87. The number of nitrogens with zero attached hydrogens (tertiary/aromatic N) is 6. The summed E-state index contributed by atoms with van der Waals surface area (Å²) in [5, 5.41) is 4.27. The lowest BCUT2D eigenvalue weighted by atomic mass is 10.1. The molecule has 10 heteroatoms. The molecule has 1 aliphatic rings. The monoisotopic (exact) mass is 434 g/mol. The number of alkyl halides is 3. The number of piperazine rings is 1. The van der Waals surface area contributed by atoms with Crippen molar-refractivity contribution < 1.29 is 17.6 Å². The SMILES string of the molecule is Cc1c(CN2CCN(c3nccnc3-c3cccc(C(F)(F)F)c3F)CC2)cnn1C. The Bertz CT molecular complexity index is 1070. The summed E-state index contributed by atoms with van der Waals surface area (Å²) in [7, 11) is 1.90. The Balaban J connectivity index is 1.55. The van der Waals surface area contributed by atoms with E-state index >= 15 is 0 Å². The van der Waals surface area contributed by atoms with E-state index in [1.165, 1.54) is 24.5 Å². The topological polar surface area (TPSA) is 50.1 Å². The zero-order chi connectivity index (χ0) is 22.2. The summed E-state index contributed by atoms with van der Waals surface area (Å²) in [6, 6.07) is 3.22. The molecule has 3 heterocycles. The van der Waals surface area contributed by atoms with Gasteiger partial charge in [0.1, 0.15) is 11.5 Å². The largest absolute Gasteiger partial charge is 0.419 e. The minimum absolute atomic E-state index is 0.114. The molecule has 0 radical (unpaired) electrons. The van der Waals surface area contributed by atoms with Gasteiger partial charge < -0.3 is 4.90 Å². The van der Waals surface area contributed by atoms with Crippen LogP contribution in [0.4, 0.5) is 23.4 Å². The van der Waals surface area contributed by atoms with E-state index in [0.717, 1.165) is 37.0 Å². The predicted molar refractivity (Wildman–Crippen MR) is 108 cm³/mol. The molecule has 31 heavy (non-hydrogen) atoms.